The van der Waals surface area contributed by atoms with Crippen molar-refractivity contribution >= 4 is 11.8 Å². The number of benzene rings is 1. The molecular formula is C16H16F2N2O. The van der Waals surface area contributed by atoms with Crippen LogP contribution in [0.5, 0.6) is 0 Å². The summed E-state index contributed by atoms with van der Waals surface area (Å²) in [6, 6.07) is 4.80. The molecule has 0 fully saturated rings. The van der Waals surface area contributed by atoms with E-state index in [1.165, 1.54) is 6.20 Å². The van der Waals surface area contributed by atoms with Crippen LogP contribution >= 0.6 is 0 Å². The number of aliphatic hydroxyl groups excluding tert-OH is 1. The van der Waals surface area contributed by atoms with Gasteiger partial charge in [-0.1, -0.05) is 6.08 Å². The molecule has 0 unspecified atom stereocenters. The van der Waals surface area contributed by atoms with E-state index in [1.807, 2.05) is 6.08 Å². The van der Waals surface area contributed by atoms with Gasteiger partial charge in [0.15, 0.2) is 0 Å². The van der Waals surface area contributed by atoms with Gasteiger partial charge in [-0.2, -0.15) is 0 Å². The maximum absolute atomic E-state index is 13.8. The molecule has 0 aliphatic carbocycles. The Morgan fingerprint density at radius 3 is 2.76 bits per heavy atom. The number of aromatic nitrogens is 1. The summed E-state index contributed by atoms with van der Waals surface area (Å²) in [6.45, 7) is 0.113. The fourth-order valence-corrected chi connectivity index (χ4v) is 1.97. The van der Waals surface area contributed by atoms with Crippen molar-refractivity contribution in [1.29, 1.82) is 0 Å². The van der Waals surface area contributed by atoms with E-state index in [9.17, 15) is 8.78 Å². The number of hydrogen-bond donors (Lipinski definition) is 2. The molecule has 0 aliphatic heterocycles. The zero-order valence-corrected chi connectivity index (χ0v) is 11.4. The maximum atomic E-state index is 13.8. The number of unbranched alkanes of at least 4 members (excludes halogenated alkanes) is 1. The molecular weight excluding hydrogens is 274 g/mol. The molecule has 3 N–H and O–H groups in total. The lowest BCUT2D eigenvalue weighted by atomic mass is 10.0. The average molecular weight is 290 g/mol. The van der Waals surface area contributed by atoms with Gasteiger partial charge in [-0.05, 0) is 43.2 Å². The molecule has 21 heavy (non-hydrogen) atoms. The summed E-state index contributed by atoms with van der Waals surface area (Å²) in [7, 11) is 0. The third-order valence-electron chi connectivity index (χ3n) is 3.04. The van der Waals surface area contributed by atoms with Crippen molar-refractivity contribution in [3.8, 4) is 11.1 Å². The summed E-state index contributed by atoms with van der Waals surface area (Å²) >= 11 is 0. The number of nitrogens with two attached hydrogens (primary N) is 1. The second-order valence-corrected chi connectivity index (χ2v) is 4.55. The van der Waals surface area contributed by atoms with Crippen LogP contribution in [0.1, 0.15) is 18.5 Å². The molecule has 0 saturated carbocycles. The standard InChI is InChI=1S/C16H16F2N2O/c17-11-5-6-14(18)13(10-11)12-7-8-20-15(16(12)19)4-2-1-3-9-21/h2,4-8,10,21H,1,3,9,19H2/b4-2+. The molecule has 0 atom stereocenters. The van der Waals surface area contributed by atoms with Gasteiger partial charge in [0.1, 0.15) is 11.6 Å². The molecule has 1 aromatic carbocycles. The molecule has 0 spiro atoms. The molecule has 0 saturated heterocycles. The highest BCUT2D eigenvalue weighted by Gasteiger charge is 2.11. The lowest BCUT2D eigenvalue weighted by Crippen LogP contribution is -1.98. The Kier molecular flexibility index (Phi) is 5.00. The summed E-state index contributed by atoms with van der Waals surface area (Å²) in [5, 5.41) is 8.72. The molecule has 0 amide bonds. The molecule has 0 bridgehead atoms. The van der Waals surface area contributed by atoms with Crippen molar-refractivity contribution in [2.75, 3.05) is 12.3 Å². The first-order chi connectivity index (χ1) is 10.1. The minimum absolute atomic E-state index is 0.111. The molecule has 110 valence electrons. The van der Waals surface area contributed by atoms with Gasteiger partial charge in [-0.15, -0.1) is 0 Å². The summed E-state index contributed by atoms with van der Waals surface area (Å²) in [5.41, 5.74) is 7.30. The van der Waals surface area contributed by atoms with Gasteiger partial charge >= 0.3 is 0 Å². The van der Waals surface area contributed by atoms with Crippen LogP contribution in [-0.2, 0) is 0 Å². The fraction of sp³-hybridized carbons (Fsp3) is 0.188. The van der Waals surface area contributed by atoms with E-state index in [1.54, 1.807) is 12.1 Å². The number of aliphatic hydroxyl groups is 1. The number of anilines is 1. The SMILES string of the molecule is Nc1c(-c2cc(F)ccc2F)ccnc1/C=C/CCCO. The first kappa shape index (κ1) is 15.1. The predicted molar refractivity (Wildman–Crippen MR) is 79.4 cm³/mol. The highest BCUT2D eigenvalue weighted by Crippen LogP contribution is 2.30. The van der Waals surface area contributed by atoms with Gasteiger partial charge in [-0.25, -0.2) is 8.78 Å². The largest absolute Gasteiger partial charge is 0.396 e. The van der Waals surface area contributed by atoms with Crippen molar-refractivity contribution < 1.29 is 13.9 Å². The highest BCUT2D eigenvalue weighted by molar-refractivity contribution is 5.81. The molecule has 1 heterocycles. The monoisotopic (exact) mass is 290 g/mol. The van der Waals surface area contributed by atoms with E-state index in [0.29, 0.717) is 29.8 Å². The molecule has 2 aromatic rings. The Morgan fingerprint density at radius 1 is 1.19 bits per heavy atom. The van der Waals surface area contributed by atoms with Gasteiger partial charge < -0.3 is 10.8 Å². The van der Waals surface area contributed by atoms with Crippen LogP contribution < -0.4 is 5.73 Å². The van der Waals surface area contributed by atoms with Crippen molar-refractivity contribution in [1.82, 2.24) is 4.98 Å². The normalized spacial score (nSPS) is 11.2. The zero-order chi connectivity index (χ0) is 15.2. The Morgan fingerprint density at radius 2 is 2.00 bits per heavy atom. The predicted octanol–water partition coefficient (Wildman–Crippen LogP) is 3.39. The number of halogens is 2. The van der Waals surface area contributed by atoms with E-state index >= 15 is 0 Å². The van der Waals surface area contributed by atoms with Crippen LogP contribution in [-0.4, -0.2) is 16.7 Å². The van der Waals surface area contributed by atoms with Gasteiger partial charge in [0.05, 0.1) is 11.4 Å². The quantitative estimate of drug-likeness (QED) is 0.830. The lowest BCUT2D eigenvalue weighted by Gasteiger charge is -2.09. The molecule has 0 radical (unpaired) electrons. The number of rotatable bonds is 5. The van der Waals surface area contributed by atoms with E-state index in [4.69, 9.17) is 10.8 Å². The minimum Gasteiger partial charge on any atom is -0.396 e. The van der Waals surface area contributed by atoms with Crippen molar-refractivity contribution in [2.45, 2.75) is 12.8 Å². The van der Waals surface area contributed by atoms with Crippen LogP contribution in [0.4, 0.5) is 14.5 Å². The van der Waals surface area contributed by atoms with E-state index in [0.717, 1.165) is 18.2 Å². The Balaban J connectivity index is 2.37. The van der Waals surface area contributed by atoms with Gasteiger partial charge in [-0.3, -0.25) is 4.98 Å². The van der Waals surface area contributed by atoms with Gasteiger partial charge in [0, 0.05) is 23.9 Å². The average Bonchev–Trinajstić information content (AvgIpc) is 2.48. The topological polar surface area (TPSA) is 59.1 Å². The lowest BCUT2D eigenvalue weighted by molar-refractivity contribution is 0.290. The number of nitrogens with zero attached hydrogens (tertiary/aromatic N) is 1. The summed E-state index contributed by atoms with van der Waals surface area (Å²) < 4.78 is 27.1. The second kappa shape index (κ2) is 6.95. The van der Waals surface area contributed by atoms with E-state index < -0.39 is 11.6 Å². The first-order valence-electron chi connectivity index (χ1n) is 6.60. The summed E-state index contributed by atoms with van der Waals surface area (Å²) in [6.07, 6.45) is 6.39. The van der Waals surface area contributed by atoms with Crippen LogP contribution in [0.2, 0.25) is 0 Å². The number of allylic oxidation sites excluding steroid dienone is 1. The molecule has 1 aromatic heterocycles. The summed E-state index contributed by atoms with van der Waals surface area (Å²) in [4.78, 5) is 4.12. The number of pyridine rings is 1. The van der Waals surface area contributed by atoms with Crippen LogP contribution in [0, 0.1) is 11.6 Å². The zero-order valence-electron chi connectivity index (χ0n) is 11.4. The van der Waals surface area contributed by atoms with Crippen LogP contribution in [0.15, 0.2) is 36.5 Å². The molecule has 0 aliphatic rings. The van der Waals surface area contributed by atoms with Crippen molar-refractivity contribution in [3.05, 3.63) is 53.9 Å². The third-order valence-corrected chi connectivity index (χ3v) is 3.04. The van der Waals surface area contributed by atoms with E-state index in [-0.39, 0.29) is 12.2 Å². The molecule has 3 nitrogen and oxygen atoms in total. The molecule has 5 heteroatoms. The second-order valence-electron chi connectivity index (χ2n) is 4.55. The van der Waals surface area contributed by atoms with Crippen molar-refractivity contribution in [3.63, 3.8) is 0 Å². The highest BCUT2D eigenvalue weighted by atomic mass is 19.1. The van der Waals surface area contributed by atoms with Gasteiger partial charge in [0.25, 0.3) is 0 Å². The minimum atomic E-state index is -0.537. The smallest absolute Gasteiger partial charge is 0.131 e. The van der Waals surface area contributed by atoms with E-state index in [2.05, 4.69) is 4.98 Å². The Hall–Kier alpha value is -2.27. The Bertz CT molecular complexity index is 657. The van der Waals surface area contributed by atoms with Gasteiger partial charge in [0.2, 0.25) is 0 Å². The number of hydrogen-bond acceptors (Lipinski definition) is 3. The van der Waals surface area contributed by atoms with Crippen LogP contribution in [0.25, 0.3) is 17.2 Å². The van der Waals surface area contributed by atoms with Crippen molar-refractivity contribution in [2.24, 2.45) is 0 Å². The summed E-state index contributed by atoms with van der Waals surface area (Å²) in [5.74, 6) is -1.06. The first-order valence-corrected chi connectivity index (χ1v) is 6.60. The fourth-order valence-electron chi connectivity index (χ4n) is 1.97. The Labute approximate surface area is 121 Å². The maximum Gasteiger partial charge on any atom is 0.131 e. The number of nitrogen functional groups attached to an aromatic ring is 1. The third kappa shape index (κ3) is 3.64. The van der Waals surface area contributed by atoms with Crippen LogP contribution in [0.3, 0.4) is 0 Å². The molecule has 2 rings (SSSR count).